The van der Waals surface area contributed by atoms with Crippen LogP contribution in [0.2, 0.25) is 5.02 Å². The summed E-state index contributed by atoms with van der Waals surface area (Å²) in [7, 11) is 0. The number of hydrogen-bond acceptors (Lipinski definition) is 3. The molecule has 0 saturated carbocycles. The molecule has 0 bridgehead atoms. The summed E-state index contributed by atoms with van der Waals surface area (Å²) >= 11 is 9.06. The number of halogens is 2. The van der Waals surface area contributed by atoms with Crippen molar-refractivity contribution in [1.29, 1.82) is 0 Å². The third-order valence-electron chi connectivity index (χ3n) is 2.31. The predicted molar refractivity (Wildman–Crippen MR) is 63.7 cm³/mol. The number of pyridine rings is 1. The van der Waals surface area contributed by atoms with Crippen molar-refractivity contribution < 1.29 is 9.53 Å². The molecule has 0 aliphatic carbocycles. The summed E-state index contributed by atoms with van der Waals surface area (Å²) in [6.07, 6.45) is 1.47. The number of carbonyl (C=O) groups is 1. The predicted octanol–water partition coefficient (Wildman–Crippen LogP) is 1.97. The second-order valence-corrected chi connectivity index (χ2v) is 4.68. The van der Waals surface area contributed by atoms with E-state index in [1.54, 1.807) is 11.0 Å². The molecule has 1 aliphatic heterocycles. The lowest BCUT2D eigenvalue weighted by atomic mass is 10.3. The van der Waals surface area contributed by atoms with E-state index in [4.69, 9.17) is 16.3 Å². The SMILES string of the molecule is O=C(c1ncc(Cl)cc1Br)N1CCOCC1. The number of amides is 1. The molecule has 1 amide bonds. The van der Waals surface area contributed by atoms with Gasteiger partial charge in [0.15, 0.2) is 0 Å². The first kappa shape index (κ1) is 11.8. The van der Waals surface area contributed by atoms with Crippen molar-refractivity contribution in [3.63, 3.8) is 0 Å². The molecule has 16 heavy (non-hydrogen) atoms. The molecule has 1 aromatic heterocycles. The van der Waals surface area contributed by atoms with Gasteiger partial charge in [-0.15, -0.1) is 0 Å². The number of ether oxygens (including phenoxy) is 1. The Morgan fingerprint density at radius 3 is 2.81 bits per heavy atom. The van der Waals surface area contributed by atoms with Gasteiger partial charge in [-0.2, -0.15) is 0 Å². The van der Waals surface area contributed by atoms with Crippen molar-refractivity contribution in [2.45, 2.75) is 0 Å². The maximum Gasteiger partial charge on any atom is 0.273 e. The van der Waals surface area contributed by atoms with Gasteiger partial charge in [0.1, 0.15) is 5.69 Å². The highest BCUT2D eigenvalue weighted by molar-refractivity contribution is 9.10. The van der Waals surface area contributed by atoms with Gasteiger partial charge in [0, 0.05) is 19.3 Å². The van der Waals surface area contributed by atoms with E-state index in [2.05, 4.69) is 20.9 Å². The Bertz CT molecular complexity index is 408. The Hall–Kier alpha value is -0.650. The van der Waals surface area contributed by atoms with Gasteiger partial charge >= 0.3 is 0 Å². The maximum absolute atomic E-state index is 12.1. The van der Waals surface area contributed by atoms with E-state index in [1.807, 2.05) is 0 Å². The van der Waals surface area contributed by atoms with E-state index in [1.165, 1.54) is 6.20 Å². The Morgan fingerprint density at radius 1 is 1.50 bits per heavy atom. The normalized spacial score (nSPS) is 16.2. The molecule has 0 unspecified atom stereocenters. The summed E-state index contributed by atoms with van der Waals surface area (Å²) in [5, 5.41) is 0.505. The zero-order chi connectivity index (χ0) is 11.5. The first-order valence-corrected chi connectivity index (χ1v) is 6.03. The molecule has 0 aromatic carbocycles. The zero-order valence-electron chi connectivity index (χ0n) is 8.45. The Labute approximate surface area is 107 Å². The number of hydrogen-bond donors (Lipinski definition) is 0. The van der Waals surface area contributed by atoms with Gasteiger partial charge in [-0.3, -0.25) is 4.79 Å². The highest BCUT2D eigenvalue weighted by Crippen LogP contribution is 2.20. The van der Waals surface area contributed by atoms with Gasteiger partial charge in [-0.25, -0.2) is 4.98 Å². The molecular weight excluding hydrogens is 295 g/mol. The maximum atomic E-state index is 12.1. The Kier molecular flexibility index (Phi) is 3.78. The van der Waals surface area contributed by atoms with Crippen LogP contribution in [-0.2, 0) is 4.74 Å². The first-order valence-electron chi connectivity index (χ1n) is 4.86. The van der Waals surface area contributed by atoms with Crippen LogP contribution in [0.3, 0.4) is 0 Å². The standard InChI is InChI=1S/C10H10BrClN2O2/c11-8-5-7(12)6-13-9(8)10(15)14-1-3-16-4-2-14/h5-6H,1-4H2. The number of morpholine rings is 1. The molecule has 0 atom stereocenters. The molecule has 1 aromatic rings. The lowest BCUT2D eigenvalue weighted by molar-refractivity contribution is 0.0298. The van der Waals surface area contributed by atoms with Gasteiger partial charge in [0.25, 0.3) is 5.91 Å². The lowest BCUT2D eigenvalue weighted by Gasteiger charge is -2.26. The molecule has 0 spiro atoms. The van der Waals surface area contributed by atoms with Crippen molar-refractivity contribution >= 4 is 33.4 Å². The molecular formula is C10H10BrClN2O2. The average molecular weight is 306 g/mol. The summed E-state index contributed by atoms with van der Waals surface area (Å²) in [6, 6.07) is 1.67. The largest absolute Gasteiger partial charge is 0.378 e. The van der Waals surface area contributed by atoms with Crippen LogP contribution in [0.1, 0.15) is 10.5 Å². The average Bonchev–Trinajstić information content (AvgIpc) is 2.29. The minimum atomic E-state index is -0.0909. The topological polar surface area (TPSA) is 42.4 Å². The monoisotopic (exact) mass is 304 g/mol. The van der Waals surface area contributed by atoms with Crippen molar-refractivity contribution in [2.24, 2.45) is 0 Å². The smallest absolute Gasteiger partial charge is 0.273 e. The minimum absolute atomic E-state index is 0.0909. The van der Waals surface area contributed by atoms with E-state index >= 15 is 0 Å². The fraction of sp³-hybridized carbons (Fsp3) is 0.400. The van der Waals surface area contributed by atoms with Crippen LogP contribution in [0.25, 0.3) is 0 Å². The molecule has 6 heteroatoms. The van der Waals surface area contributed by atoms with Crippen LogP contribution in [0, 0.1) is 0 Å². The van der Waals surface area contributed by atoms with Gasteiger partial charge < -0.3 is 9.64 Å². The molecule has 2 rings (SSSR count). The third-order valence-corrected chi connectivity index (χ3v) is 3.12. The van der Waals surface area contributed by atoms with Crippen molar-refractivity contribution in [3.8, 4) is 0 Å². The van der Waals surface area contributed by atoms with Crippen LogP contribution in [-0.4, -0.2) is 42.1 Å². The second-order valence-electron chi connectivity index (χ2n) is 3.39. The van der Waals surface area contributed by atoms with E-state index in [0.717, 1.165) is 0 Å². The lowest BCUT2D eigenvalue weighted by Crippen LogP contribution is -2.41. The van der Waals surface area contributed by atoms with Crippen molar-refractivity contribution in [1.82, 2.24) is 9.88 Å². The van der Waals surface area contributed by atoms with Crippen LogP contribution >= 0.6 is 27.5 Å². The number of aromatic nitrogens is 1. The summed E-state index contributed by atoms with van der Waals surface area (Å²) in [5.74, 6) is -0.0909. The number of carbonyl (C=O) groups excluding carboxylic acids is 1. The highest BCUT2D eigenvalue weighted by atomic mass is 79.9. The third kappa shape index (κ3) is 2.53. The van der Waals surface area contributed by atoms with E-state index < -0.39 is 0 Å². The molecule has 4 nitrogen and oxygen atoms in total. The number of rotatable bonds is 1. The molecule has 0 radical (unpaired) electrons. The molecule has 1 fully saturated rings. The van der Waals surface area contributed by atoms with Gasteiger partial charge in [0.2, 0.25) is 0 Å². The van der Waals surface area contributed by atoms with Crippen LogP contribution in [0.15, 0.2) is 16.7 Å². The quantitative estimate of drug-likeness (QED) is 0.796. The summed E-state index contributed by atoms with van der Waals surface area (Å²) in [4.78, 5) is 17.8. The Balaban J connectivity index is 2.19. The molecule has 0 N–H and O–H groups in total. The van der Waals surface area contributed by atoms with Crippen LogP contribution < -0.4 is 0 Å². The Morgan fingerprint density at radius 2 is 2.19 bits per heavy atom. The van der Waals surface area contributed by atoms with E-state index in [0.29, 0.717) is 41.5 Å². The summed E-state index contributed by atoms with van der Waals surface area (Å²) < 4.78 is 5.81. The fourth-order valence-corrected chi connectivity index (χ4v) is 2.30. The molecule has 1 aliphatic rings. The number of nitrogens with zero attached hydrogens (tertiary/aromatic N) is 2. The van der Waals surface area contributed by atoms with Gasteiger partial charge in [-0.1, -0.05) is 11.6 Å². The molecule has 2 heterocycles. The molecule has 1 saturated heterocycles. The van der Waals surface area contributed by atoms with Crippen LogP contribution in [0.5, 0.6) is 0 Å². The van der Waals surface area contributed by atoms with Crippen molar-refractivity contribution in [3.05, 3.63) is 27.5 Å². The van der Waals surface area contributed by atoms with Gasteiger partial charge in [0.05, 0.1) is 22.7 Å². The fourth-order valence-electron chi connectivity index (χ4n) is 1.49. The van der Waals surface area contributed by atoms with Crippen molar-refractivity contribution in [2.75, 3.05) is 26.3 Å². The minimum Gasteiger partial charge on any atom is -0.378 e. The van der Waals surface area contributed by atoms with Gasteiger partial charge in [-0.05, 0) is 22.0 Å². The summed E-state index contributed by atoms with van der Waals surface area (Å²) in [6.45, 7) is 2.37. The van der Waals surface area contributed by atoms with E-state index in [-0.39, 0.29) is 5.91 Å². The van der Waals surface area contributed by atoms with E-state index in [9.17, 15) is 4.79 Å². The molecule has 86 valence electrons. The second kappa shape index (κ2) is 5.12. The van der Waals surface area contributed by atoms with Crippen LogP contribution in [0.4, 0.5) is 0 Å². The summed E-state index contributed by atoms with van der Waals surface area (Å²) in [5.41, 5.74) is 0.395. The first-order chi connectivity index (χ1) is 7.68. The highest BCUT2D eigenvalue weighted by Gasteiger charge is 2.21. The zero-order valence-corrected chi connectivity index (χ0v) is 10.8.